The molecule has 1 aliphatic heterocycles. The highest BCUT2D eigenvalue weighted by molar-refractivity contribution is 5.93. The van der Waals surface area contributed by atoms with Gasteiger partial charge >= 0.3 is 6.03 Å². The topological polar surface area (TPSA) is 111 Å². The molecular weight excluding hydrogens is 324 g/mol. The number of hydrogen-bond acceptors (Lipinski definition) is 5. The molecule has 0 saturated carbocycles. The Bertz CT molecular complexity index is 444. The van der Waals surface area contributed by atoms with Crippen LogP contribution < -0.4 is 16.1 Å². The number of amides is 3. The Kier molecular flexibility index (Phi) is 10.1. The lowest BCUT2D eigenvalue weighted by Crippen LogP contribution is -2.60. The molecule has 8 nitrogen and oxygen atoms in total. The average molecular weight is 356 g/mol. The summed E-state index contributed by atoms with van der Waals surface area (Å²) in [6, 6.07) is -0.867. The number of carbonyl (C=O) groups excluding carboxylic acids is 3. The van der Waals surface area contributed by atoms with Crippen molar-refractivity contribution < 1.29 is 19.6 Å². The highest BCUT2D eigenvalue weighted by Gasteiger charge is 2.36. The van der Waals surface area contributed by atoms with Crippen LogP contribution in [0, 0.1) is 5.92 Å². The standard InChI is InChI=1S/C17H32N4O4/c1-3-4-5-6-7-8-13(11-15(22)20-25)16(23)14-12-19-9-10-21(14)17(24)18-2/h13-14,19,25H,3-12H2,1-2H3,(H,18,24)(H,20,22)/t13?,14-/m0/s1. The van der Waals surface area contributed by atoms with Crippen LogP contribution in [0.15, 0.2) is 0 Å². The average Bonchev–Trinajstić information content (AvgIpc) is 2.65. The van der Waals surface area contributed by atoms with E-state index in [0.29, 0.717) is 26.1 Å². The summed E-state index contributed by atoms with van der Waals surface area (Å²) in [5, 5.41) is 14.5. The third kappa shape index (κ3) is 6.99. The molecule has 1 unspecified atom stereocenters. The van der Waals surface area contributed by atoms with E-state index in [-0.39, 0.29) is 18.2 Å². The van der Waals surface area contributed by atoms with E-state index in [2.05, 4.69) is 17.6 Å². The number of carbonyl (C=O) groups is 3. The Hall–Kier alpha value is -1.67. The smallest absolute Gasteiger partial charge is 0.317 e. The van der Waals surface area contributed by atoms with E-state index < -0.39 is 17.9 Å². The second kappa shape index (κ2) is 11.8. The summed E-state index contributed by atoms with van der Waals surface area (Å²) in [7, 11) is 1.54. The molecule has 0 spiro atoms. The Labute approximate surface area is 149 Å². The number of Topliss-reactive ketones (excluding diaryl/α,β-unsaturated/α-hetero) is 1. The fraction of sp³-hybridized carbons (Fsp3) is 0.824. The van der Waals surface area contributed by atoms with Crippen LogP contribution in [0.25, 0.3) is 0 Å². The molecule has 0 aliphatic carbocycles. The molecule has 2 atom stereocenters. The van der Waals surface area contributed by atoms with Crippen LogP contribution in [0.4, 0.5) is 4.79 Å². The third-order valence-electron chi connectivity index (χ3n) is 4.66. The van der Waals surface area contributed by atoms with Gasteiger partial charge in [-0.2, -0.15) is 0 Å². The van der Waals surface area contributed by atoms with Gasteiger partial charge in [-0.05, 0) is 6.42 Å². The first-order valence-corrected chi connectivity index (χ1v) is 9.20. The van der Waals surface area contributed by atoms with Crippen LogP contribution in [0.2, 0.25) is 0 Å². The summed E-state index contributed by atoms with van der Waals surface area (Å²) in [4.78, 5) is 38.1. The van der Waals surface area contributed by atoms with Crippen LogP contribution in [0.1, 0.15) is 51.9 Å². The number of ketones is 1. The summed E-state index contributed by atoms with van der Waals surface area (Å²) in [5.74, 6) is -1.18. The molecule has 144 valence electrons. The highest BCUT2D eigenvalue weighted by Crippen LogP contribution is 2.20. The molecule has 1 rings (SSSR count). The van der Waals surface area contributed by atoms with E-state index in [1.165, 1.54) is 11.9 Å². The van der Waals surface area contributed by atoms with Gasteiger partial charge in [0.1, 0.15) is 6.04 Å². The summed E-state index contributed by atoms with van der Waals surface area (Å²) < 4.78 is 0. The molecular formula is C17H32N4O4. The first-order valence-electron chi connectivity index (χ1n) is 9.20. The first kappa shape index (κ1) is 21.4. The van der Waals surface area contributed by atoms with Gasteiger partial charge in [0.25, 0.3) is 0 Å². The van der Waals surface area contributed by atoms with E-state index in [9.17, 15) is 14.4 Å². The number of nitrogens with one attached hydrogen (secondary N) is 3. The predicted octanol–water partition coefficient (Wildman–Crippen LogP) is 1.04. The molecule has 0 aromatic carbocycles. The quantitative estimate of drug-likeness (QED) is 0.266. The van der Waals surface area contributed by atoms with Crippen molar-refractivity contribution in [1.82, 2.24) is 21.0 Å². The van der Waals surface area contributed by atoms with E-state index in [4.69, 9.17) is 5.21 Å². The van der Waals surface area contributed by atoms with Gasteiger partial charge in [0.15, 0.2) is 5.78 Å². The van der Waals surface area contributed by atoms with E-state index in [1.807, 2.05) is 0 Å². The minimum absolute atomic E-state index is 0.0544. The lowest BCUT2D eigenvalue weighted by Gasteiger charge is -2.36. The lowest BCUT2D eigenvalue weighted by atomic mass is 9.88. The zero-order chi connectivity index (χ0) is 18.7. The SMILES string of the molecule is CCCCCCCC(CC(=O)NO)C(=O)[C@@H]1CNCCN1C(=O)NC. The van der Waals surface area contributed by atoms with Gasteiger partial charge in [0.05, 0.1) is 0 Å². The van der Waals surface area contributed by atoms with Crippen LogP contribution in [-0.2, 0) is 9.59 Å². The zero-order valence-corrected chi connectivity index (χ0v) is 15.3. The Balaban J connectivity index is 2.74. The van der Waals surface area contributed by atoms with Gasteiger partial charge in [-0.15, -0.1) is 0 Å². The van der Waals surface area contributed by atoms with Crippen molar-refractivity contribution in [2.24, 2.45) is 5.92 Å². The van der Waals surface area contributed by atoms with E-state index in [1.54, 1.807) is 5.48 Å². The van der Waals surface area contributed by atoms with Crippen molar-refractivity contribution in [3.63, 3.8) is 0 Å². The van der Waals surface area contributed by atoms with Crippen molar-refractivity contribution in [1.29, 1.82) is 0 Å². The van der Waals surface area contributed by atoms with Crippen molar-refractivity contribution in [2.45, 2.75) is 57.9 Å². The number of hydroxylamine groups is 1. The number of piperazine rings is 1. The van der Waals surface area contributed by atoms with Gasteiger partial charge in [-0.1, -0.05) is 39.0 Å². The molecule has 8 heteroatoms. The van der Waals surface area contributed by atoms with Gasteiger partial charge < -0.3 is 15.5 Å². The number of hydrogen-bond donors (Lipinski definition) is 4. The maximum atomic E-state index is 13.0. The fourth-order valence-electron chi connectivity index (χ4n) is 3.23. The van der Waals surface area contributed by atoms with Crippen molar-refractivity contribution in [3.8, 4) is 0 Å². The zero-order valence-electron chi connectivity index (χ0n) is 15.3. The number of urea groups is 1. The van der Waals surface area contributed by atoms with Crippen molar-refractivity contribution in [2.75, 3.05) is 26.7 Å². The maximum Gasteiger partial charge on any atom is 0.317 e. The summed E-state index contributed by atoms with van der Waals surface area (Å²) in [6.07, 6.45) is 5.82. The van der Waals surface area contributed by atoms with Crippen LogP contribution in [0.3, 0.4) is 0 Å². The molecule has 0 aromatic heterocycles. The normalized spacial score (nSPS) is 18.5. The monoisotopic (exact) mass is 356 g/mol. The third-order valence-corrected chi connectivity index (χ3v) is 4.66. The number of rotatable bonds is 10. The molecule has 3 amide bonds. The largest absolute Gasteiger partial charge is 0.341 e. The van der Waals surface area contributed by atoms with Gasteiger partial charge in [-0.25, -0.2) is 10.3 Å². The Morgan fingerprint density at radius 3 is 2.60 bits per heavy atom. The molecule has 1 saturated heterocycles. The molecule has 25 heavy (non-hydrogen) atoms. The van der Waals surface area contributed by atoms with Crippen LogP contribution in [0.5, 0.6) is 0 Å². The summed E-state index contributed by atoms with van der Waals surface area (Å²) in [6.45, 7) is 3.61. The second-order valence-electron chi connectivity index (χ2n) is 6.51. The number of nitrogens with zero attached hydrogens (tertiary/aromatic N) is 1. The summed E-state index contributed by atoms with van der Waals surface area (Å²) >= 11 is 0. The fourth-order valence-corrected chi connectivity index (χ4v) is 3.23. The van der Waals surface area contributed by atoms with E-state index in [0.717, 1.165) is 32.1 Å². The molecule has 4 N–H and O–H groups in total. The van der Waals surface area contributed by atoms with Crippen molar-refractivity contribution >= 4 is 17.7 Å². The molecule has 1 fully saturated rings. The molecule has 0 aromatic rings. The minimum Gasteiger partial charge on any atom is -0.341 e. The summed E-state index contributed by atoms with van der Waals surface area (Å²) in [5.41, 5.74) is 1.61. The van der Waals surface area contributed by atoms with Gasteiger partial charge in [0.2, 0.25) is 5.91 Å². The maximum absolute atomic E-state index is 13.0. The Morgan fingerprint density at radius 2 is 1.96 bits per heavy atom. The van der Waals surface area contributed by atoms with Crippen LogP contribution >= 0.6 is 0 Å². The number of unbranched alkanes of at least 4 members (excludes halogenated alkanes) is 4. The highest BCUT2D eigenvalue weighted by atomic mass is 16.5. The van der Waals surface area contributed by atoms with Crippen molar-refractivity contribution in [3.05, 3.63) is 0 Å². The molecule has 1 heterocycles. The van der Waals surface area contributed by atoms with Gasteiger partial charge in [0, 0.05) is 39.0 Å². The van der Waals surface area contributed by atoms with E-state index >= 15 is 0 Å². The molecule has 1 aliphatic rings. The second-order valence-corrected chi connectivity index (χ2v) is 6.51. The Morgan fingerprint density at radius 1 is 1.24 bits per heavy atom. The van der Waals surface area contributed by atoms with Gasteiger partial charge in [-0.3, -0.25) is 14.8 Å². The molecule has 0 bridgehead atoms. The first-order chi connectivity index (χ1) is 12.0. The minimum atomic E-state index is -0.583. The van der Waals surface area contributed by atoms with Crippen LogP contribution in [-0.4, -0.2) is 60.6 Å². The lowest BCUT2D eigenvalue weighted by molar-refractivity contribution is -0.136. The predicted molar refractivity (Wildman–Crippen MR) is 94.2 cm³/mol. The molecule has 0 radical (unpaired) electrons.